The number of hydrogen-bond acceptors (Lipinski definition) is 6. The number of benzene rings is 2. The molecule has 27 heavy (non-hydrogen) atoms. The molecule has 8 nitrogen and oxygen atoms in total. The fourth-order valence-electron chi connectivity index (χ4n) is 2.22. The topological polar surface area (TPSA) is 113 Å². The van der Waals surface area contributed by atoms with Gasteiger partial charge in [0, 0.05) is 22.7 Å². The van der Waals surface area contributed by atoms with Crippen LogP contribution >= 0.6 is 11.8 Å². The van der Waals surface area contributed by atoms with Gasteiger partial charge < -0.3 is 5.32 Å². The lowest BCUT2D eigenvalue weighted by molar-refractivity contribution is -0.384. The molecule has 0 aromatic heterocycles. The van der Waals surface area contributed by atoms with Gasteiger partial charge in [0.15, 0.2) is 0 Å². The summed E-state index contributed by atoms with van der Waals surface area (Å²) in [5, 5.41) is 13.6. The average Bonchev–Trinajstić information content (AvgIpc) is 2.64. The number of hydrazine groups is 1. The Bertz CT molecular complexity index is 840. The molecule has 0 unspecified atom stereocenters. The fraction of sp³-hybridized carbons (Fsp3) is 0.222. The van der Waals surface area contributed by atoms with Crippen LogP contribution in [0, 0.1) is 24.0 Å². The Morgan fingerprint density at radius 1 is 1.04 bits per heavy atom. The van der Waals surface area contributed by atoms with E-state index < -0.39 is 4.92 Å². The lowest BCUT2D eigenvalue weighted by atomic mass is 10.1. The van der Waals surface area contributed by atoms with E-state index in [1.54, 1.807) is 12.1 Å². The summed E-state index contributed by atoms with van der Waals surface area (Å²) < 4.78 is 0. The summed E-state index contributed by atoms with van der Waals surface area (Å²) in [4.78, 5) is 34.4. The van der Waals surface area contributed by atoms with E-state index in [9.17, 15) is 19.7 Å². The number of aryl methyl sites for hydroxylation is 2. The van der Waals surface area contributed by atoms with E-state index in [0.29, 0.717) is 0 Å². The molecule has 0 saturated carbocycles. The number of nitrogens with one attached hydrogen (secondary N) is 3. The van der Waals surface area contributed by atoms with E-state index in [4.69, 9.17) is 0 Å². The Labute approximate surface area is 160 Å². The second-order valence-corrected chi connectivity index (χ2v) is 6.86. The van der Waals surface area contributed by atoms with E-state index >= 15 is 0 Å². The summed E-state index contributed by atoms with van der Waals surface area (Å²) in [6.07, 6.45) is 0. The van der Waals surface area contributed by atoms with Crippen LogP contribution in [0.3, 0.4) is 0 Å². The maximum absolute atomic E-state index is 11.8. The first-order chi connectivity index (χ1) is 12.8. The molecular weight excluding hydrogens is 368 g/mol. The normalized spacial score (nSPS) is 10.1. The van der Waals surface area contributed by atoms with E-state index in [2.05, 4.69) is 16.2 Å². The number of rotatable bonds is 7. The highest BCUT2D eigenvalue weighted by Gasteiger charge is 2.08. The third-order valence-corrected chi connectivity index (χ3v) is 4.59. The molecule has 2 rings (SSSR count). The molecule has 0 fully saturated rings. The fourth-order valence-corrected chi connectivity index (χ4v) is 2.92. The first kappa shape index (κ1) is 20.2. The summed E-state index contributed by atoms with van der Waals surface area (Å²) >= 11 is 1.21. The summed E-state index contributed by atoms with van der Waals surface area (Å²) in [6, 6.07) is 11.8. The maximum atomic E-state index is 11.8. The van der Waals surface area contributed by atoms with Gasteiger partial charge in [0.05, 0.1) is 17.2 Å². The Kier molecular flexibility index (Phi) is 7.18. The van der Waals surface area contributed by atoms with Gasteiger partial charge in [-0.15, -0.1) is 11.8 Å². The zero-order chi connectivity index (χ0) is 19.8. The lowest BCUT2D eigenvalue weighted by Gasteiger charge is -2.11. The van der Waals surface area contributed by atoms with Crippen molar-refractivity contribution in [1.82, 2.24) is 10.9 Å². The number of nitrogens with zero attached hydrogens (tertiary/aromatic N) is 1. The van der Waals surface area contributed by atoms with Gasteiger partial charge >= 0.3 is 0 Å². The van der Waals surface area contributed by atoms with Gasteiger partial charge in [0.2, 0.25) is 5.91 Å². The van der Waals surface area contributed by atoms with Crippen LogP contribution in [0.1, 0.15) is 11.1 Å². The van der Waals surface area contributed by atoms with E-state index in [-0.39, 0.29) is 29.8 Å². The van der Waals surface area contributed by atoms with Crippen LogP contribution in [0.15, 0.2) is 47.4 Å². The minimum absolute atomic E-state index is 0.00706. The van der Waals surface area contributed by atoms with Crippen molar-refractivity contribution in [3.8, 4) is 0 Å². The van der Waals surface area contributed by atoms with Gasteiger partial charge in [-0.1, -0.05) is 17.7 Å². The first-order valence-electron chi connectivity index (χ1n) is 8.11. The van der Waals surface area contributed by atoms with Crippen molar-refractivity contribution >= 4 is 35.0 Å². The predicted octanol–water partition coefficient (Wildman–Crippen LogP) is 2.56. The minimum Gasteiger partial charge on any atom is -0.376 e. The Balaban J connectivity index is 1.70. The van der Waals surface area contributed by atoms with Crippen molar-refractivity contribution < 1.29 is 14.5 Å². The van der Waals surface area contributed by atoms with Gasteiger partial charge in [-0.05, 0) is 37.6 Å². The smallest absolute Gasteiger partial charge is 0.269 e. The molecule has 9 heteroatoms. The molecule has 2 aromatic rings. The third kappa shape index (κ3) is 6.63. The van der Waals surface area contributed by atoms with Crippen molar-refractivity contribution in [2.75, 3.05) is 17.6 Å². The van der Waals surface area contributed by atoms with Crippen LogP contribution in [-0.2, 0) is 9.59 Å². The number of carbonyl (C=O) groups excluding carboxylic acids is 2. The number of non-ortho nitro benzene ring substituents is 1. The second kappa shape index (κ2) is 9.58. The third-order valence-electron chi connectivity index (χ3n) is 3.58. The molecule has 0 radical (unpaired) electrons. The van der Waals surface area contributed by atoms with E-state index in [1.807, 2.05) is 32.0 Å². The molecule has 0 spiro atoms. The zero-order valence-electron chi connectivity index (χ0n) is 14.9. The number of nitro benzene ring substituents is 1. The van der Waals surface area contributed by atoms with Crippen LogP contribution in [0.2, 0.25) is 0 Å². The number of nitro groups is 1. The molecular formula is C18H20N4O4S. The Morgan fingerprint density at radius 2 is 1.70 bits per heavy atom. The molecule has 142 valence electrons. The standard InChI is InChI=1S/C18H20N4O4S/c1-12-3-8-16(13(2)9-12)19-10-17(23)20-21-18(24)11-27-15-6-4-14(5-7-15)22(25)26/h3-9,19H,10-11H2,1-2H3,(H,20,23)(H,21,24). The number of anilines is 1. The van der Waals surface area contributed by atoms with Crippen molar-refractivity contribution in [3.05, 3.63) is 63.7 Å². The Morgan fingerprint density at radius 3 is 2.33 bits per heavy atom. The summed E-state index contributed by atoms with van der Waals surface area (Å²) in [6.45, 7) is 3.97. The summed E-state index contributed by atoms with van der Waals surface area (Å²) in [7, 11) is 0. The van der Waals surface area contributed by atoms with Crippen molar-refractivity contribution in [1.29, 1.82) is 0 Å². The molecule has 0 heterocycles. The molecule has 0 aliphatic rings. The Hall–Kier alpha value is -3.07. The number of thioether (sulfide) groups is 1. The molecule has 2 aromatic carbocycles. The van der Waals surface area contributed by atoms with E-state index in [0.717, 1.165) is 21.7 Å². The van der Waals surface area contributed by atoms with Crippen LogP contribution in [0.25, 0.3) is 0 Å². The highest BCUT2D eigenvalue weighted by atomic mass is 32.2. The van der Waals surface area contributed by atoms with Crippen LogP contribution in [-0.4, -0.2) is 29.0 Å². The average molecular weight is 388 g/mol. The van der Waals surface area contributed by atoms with Gasteiger partial charge in [0.1, 0.15) is 0 Å². The highest BCUT2D eigenvalue weighted by Crippen LogP contribution is 2.21. The monoisotopic (exact) mass is 388 g/mol. The number of carbonyl (C=O) groups is 2. The zero-order valence-corrected chi connectivity index (χ0v) is 15.8. The molecule has 0 aliphatic carbocycles. The quantitative estimate of drug-likeness (QED) is 0.382. The summed E-state index contributed by atoms with van der Waals surface area (Å²) in [5.74, 6) is -0.676. The van der Waals surface area contributed by atoms with Crippen LogP contribution in [0.4, 0.5) is 11.4 Å². The van der Waals surface area contributed by atoms with Gasteiger partial charge in [-0.3, -0.25) is 30.6 Å². The number of hydrogen-bond donors (Lipinski definition) is 3. The molecule has 0 bridgehead atoms. The molecule has 0 saturated heterocycles. The lowest BCUT2D eigenvalue weighted by Crippen LogP contribution is -2.44. The maximum Gasteiger partial charge on any atom is 0.269 e. The van der Waals surface area contributed by atoms with Crippen LogP contribution < -0.4 is 16.2 Å². The predicted molar refractivity (Wildman–Crippen MR) is 105 cm³/mol. The highest BCUT2D eigenvalue weighted by molar-refractivity contribution is 8.00. The molecule has 0 atom stereocenters. The molecule has 3 N–H and O–H groups in total. The minimum atomic E-state index is -0.483. The van der Waals surface area contributed by atoms with Gasteiger partial charge in [-0.2, -0.15) is 0 Å². The first-order valence-corrected chi connectivity index (χ1v) is 9.10. The van der Waals surface area contributed by atoms with Crippen LogP contribution in [0.5, 0.6) is 0 Å². The molecule has 2 amide bonds. The SMILES string of the molecule is Cc1ccc(NCC(=O)NNC(=O)CSc2ccc([N+](=O)[O-])cc2)c(C)c1. The van der Waals surface area contributed by atoms with Gasteiger partial charge in [-0.25, -0.2) is 0 Å². The van der Waals surface area contributed by atoms with Crippen molar-refractivity contribution in [2.24, 2.45) is 0 Å². The second-order valence-electron chi connectivity index (χ2n) is 5.81. The summed E-state index contributed by atoms with van der Waals surface area (Å²) in [5.41, 5.74) is 7.70. The van der Waals surface area contributed by atoms with Crippen molar-refractivity contribution in [2.45, 2.75) is 18.7 Å². The van der Waals surface area contributed by atoms with E-state index in [1.165, 1.54) is 23.9 Å². The molecule has 0 aliphatic heterocycles. The number of amides is 2. The van der Waals surface area contributed by atoms with Crippen molar-refractivity contribution in [3.63, 3.8) is 0 Å². The van der Waals surface area contributed by atoms with Gasteiger partial charge in [0.25, 0.3) is 11.6 Å². The largest absolute Gasteiger partial charge is 0.376 e.